The molecule has 1 N–H and O–H groups in total. The Morgan fingerprint density at radius 2 is 2.18 bits per heavy atom. The van der Waals surface area contributed by atoms with Gasteiger partial charge in [0.05, 0.1) is 10.8 Å². The standard InChI is InChI=1S/C14H13Cl2N3O2S/c15-9-1-2-10(16)11(7-9)22-8-13(20)17-12-3-5-18-6-4-14(21)19(12)18/h1-3,7H,4-6,8H2,(H,17,20). The number of hydrazine groups is 1. The highest BCUT2D eigenvalue weighted by atomic mass is 35.5. The second-order valence-corrected chi connectivity index (χ2v) is 6.73. The lowest BCUT2D eigenvalue weighted by Gasteiger charge is -2.22. The molecule has 1 aromatic carbocycles. The van der Waals surface area contributed by atoms with Crippen molar-refractivity contribution in [1.29, 1.82) is 0 Å². The summed E-state index contributed by atoms with van der Waals surface area (Å²) >= 11 is 13.3. The van der Waals surface area contributed by atoms with E-state index < -0.39 is 0 Å². The Hall–Kier alpha value is -1.21. The molecular weight excluding hydrogens is 345 g/mol. The van der Waals surface area contributed by atoms with Crippen molar-refractivity contribution in [2.75, 3.05) is 18.8 Å². The van der Waals surface area contributed by atoms with Crippen molar-refractivity contribution in [1.82, 2.24) is 15.3 Å². The zero-order valence-corrected chi connectivity index (χ0v) is 13.8. The van der Waals surface area contributed by atoms with Gasteiger partial charge in [-0.05, 0) is 24.3 Å². The molecular formula is C14H13Cl2N3O2S. The smallest absolute Gasteiger partial charge is 0.244 e. The number of carbonyl (C=O) groups excluding carboxylic acids is 2. The highest BCUT2D eigenvalue weighted by molar-refractivity contribution is 8.00. The highest BCUT2D eigenvalue weighted by Gasteiger charge is 2.35. The van der Waals surface area contributed by atoms with Crippen LogP contribution in [0.25, 0.3) is 0 Å². The first-order chi connectivity index (χ1) is 10.5. The first-order valence-corrected chi connectivity index (χ1v) is 8.44. The van der Waals surface area contributed by atoms with Gasteiger partial charge in [0.1, 0.15) is 5.82 Å². The van der Waals surface area contributed by atoms with Crippen LogP contribution < -0.4 is 5.32 Å². The third kappa shape index (κ3) is 3.25. The minimum atomic E-state index is -0.186. The molecule has 1 fully saturated rings. The maximum absolute atomic E-state index is 12.1. The number of thioether (sulfide) groups is 1. The zero-order chi connectivity index (χ0) is 15.7. The van der Waals surface area contributed by atoms with E-state index in [1.54, 1.807) is 18.2 Å². The first-order valence-electron chi connectivity index (χ1n) is 6.70. The van der Waals surface area contributed by atoms with E-state index in [0.29, 0.717) is 35.4 Å². The van der Waals surface area contributed by atoms with Crippen LogP contribution in [-0.4, -0.2) is 40.7 Å². The van der Waals surface area contributed by atoms with E-state index in [0.717, 1.165) is 4.90 Å². The third-order valence-corrected chi connectivity index (χ3v) is 5.08. The molecule has 0 unspecified atom stereocenters. The molecule has 8 heteroatoms. The predicted octanol–water partition coefficient (Wildman–Crippen LogP) is 2.51. The van der Waals surface area contributed by atoms with Crippen molar-refractivity contribution in [2.45, 2.75) is 11.3 Å². The van der Waals surface area contributed by atoms with Crippen LogP contribution in [0.5, 0.6) is 0 Å². The molecule has 3 rings (SSSR count). The number of fused-ring (bicyclic) bond motifs is 1. The van der Waals surface area contributed by atoms with E-state index in [4.69, 9.17) is 23.2 Å². The van der Waals surface area contributed by atoms with E-state index in [9.17, 15) is 9.59 Å². The fraction of sp³-hybridized carbons (Fsp3) is 0.286. The SMILES string of the molecule is O=C(CSc1cc(Cl)ccc1Cl)NC1=CCN2CCC(=O)N12. The van der Waals surface area contributed by atoms with Crippen LogP contribution in [-0.2, 0) is 9.59 Å². The van der Waals surface area contributed by atoms with Gasteiger partial charge in [-0.1, -0.05) is 23.2 Å². The summed E-state index contributed by atoms with van der Waals surface area (Å²) in [6.45, 7) is 1.34. The summed E-state index contributed by atoms with van der Waals surface area (Å²) in [7, 11) is 0. The second-order valence-electron chi connectivity index (χ2n) is 4.87. The fourth-order valence-electron chi connectivity index (χ4n) is 2.34. The van der Waals surface area contributed by atoms with E-state index in [-0.39, 0.29) is 17.6 Å². The van der Waals surface area contributed by atoms with E-state index >= 15 is 0 Å². The van der Waals surface area contributed by atoms with Crippen LogP contribution >= 0.6 is 35.0 Å². The molecule has 116 valence electrons. The van der Waals surface area contributed by atoms with Gasteiger partial charge in [0.15, 0.2) is 0 Å². The van der Waals surface area contributed by atoms with Crippen LogP contribution in [0.2, 0.25) is 10.0 Å². The molecule has 0 spiro atoms. The molecule has 2 aliphatic rings. The molecule has 5 nitrogen and oxygen atoms in total. The second kappa shape index (κ2) is 6.50. The van der Waals surface area contributed by atoms with E-state index in [2.05, 4.69) is 5.32 Å². The predicted molar refractivity (Wildman–Crippen MR) is 86.4 cm³/mol. The number of nitrogens with one attached hydrogen (secondary N) is 1. The molecule has 22 heavy (non-hydrogen) atoms. The topological polar surface area (TPSA) is 52.7 Å². The minimum absolute atomic E-state index is 0.00888. The molecule has 0 aliphatic carbocycles. The Morgan fingerprint density at radius 3 is 3.00 bits per heavy atom. The van der Waals surface area contributed by atoms with Crippen LogP contribution in [0.15, 0.2) is 35.0 Å². The van der Waals surface area contributed by atoms with Crippen molar-refractivity contribution >= 4 is 46.8 Å². The van der Waals surface area contributed by atoms with Gasteiger partial charge in [0.25, 0.3) is 0 Å². The summed E-state index contributed by atoms with van der Waals surface area (Å²) in [5.41, 5.74) is 0. The molecule has 2 heterocycles. The monoisotopic (exact) mass is 357 g/mol. The molecule has 0 aromatic heterocycles. The fourth-order valence-corrected chi connectivity index (χ4v) is 3.63. The zero-order valence-electron chi connectivity index (χ0n) is 11.5. The van der Waals surface area contributed by atoms with Gasteiger partial charge in [-0.25, -0.2) is 10.0 Å². The Bertz CT molecular complexity index is 665. The Labute approximate surface area is 142 Å². The lowest BCUT2D eigenvalue weighted by atomic mass is 10.4. The summed E-state index contributed by atoms with van der Waals surface area (Å²) in [5.74, 6) is 0.563. The third-order valence-electron chi connectivity index (χ3n) is 3.35. The molecule has 0 atom stereocenters. The molecule has 0 bridgehead atoms. The lowest BCUT2D eigenvalue weighted by molar-refractivity contribution is -0.133. The Balaban J connectivity index is 1.57. The summed E-state index contributed by atoms with van der Waals surface area (Å²) in [6, 6.07) is 5.12. The average Bonchev–Trinajstić information content (AvgIpc) is 3.04. The number of amides is 2. The van der Waals surface area contributed by atoms with Crippen LogP contribution in [0, 0.1) is 0 Å². The molecule has 0 saturated carbocycles. The number of rotatable bonds is 4. The number of hydrogen-bond donors (Lipinski definition) is 1. The number of hydrogen-bond acceptors (Lipinski definition) is 4. The minimum Gasteiger partial charge on any atom is -0.310 e. The van der Waals surface area contributed by atoms with Crippen LogP contribution in [0.1, 0.15) is 6.42 Å². The average molecular weight is 358 g/mol. The van der Waals surface area contributed by atoms with Gasteiger partial charge in [-0.15, -0.1) is 11.8 Å². The maximum Gasteiger partial charge on any atom is 0.244 e. The van der Waals surface area contributed by atoms with Crippen molar-refractivity contribution in [3.8, 4) is 0 Å². The van der Waals surface area contributed by atoms with Crippen molar-refractivity contribution in [2.24, 2.45) is 0 Å². The number of benzene rings is 1. The van der Waals surface area contributed by atoms with E-state index in [1.807, 2.05) is 11.1 Å². The summed E-state index contributed by atoms with van der Waals surface area (Å²) in [4.78, 5) is 24.6. The van der Waals surface area contributed by atoms with Gasteiger partial charge < -0.3 is 5.32 Å². The Morgan fingerprint density at radius 1 is 1.36 bits per heavy atom. The summed E-state index contributed by atoms with van der Waals surface area (Å²) in [5, 5.41) is 7.34. The van der Waals surface area contributed by atoms with Gasteiger partial charge in [0.2, 0.25) is 11.8 Å². The Kier molecular flexibility index (Phi) is 4.63. The lowest BCUT2D eigenvalue weighted by Crippen LogP contribution is -2.40. The molecule has 2 aliphatic heterocycles. The molecule has 1 aromatic rings. The normalized spacial score (nSPS) is 17.6. The van der Waals surface area contributed by atoms with Gasteiger partial charge in [-0.2, -0.15) is 0 Å². The highest BCUT2D eigenvalue weighted by Crippen LogP contribution is 2.30. The van der Waals surface area contributed by atoms with Crippen molar-refractivity contribution in [3.05, 3.63) is 40.1 Å². The summed E-state index contributed by atoms with van der Waals surface area (Å²) in [6.07, 6.45) is 2.33. The van der Waals surface area contributed by atoms with Crippen LogP contribution in [0.4, 0.5) is 0 Å². The number of nitrogens with zero attached hydrogens (tertiary/aromatic N) is 2. The first kappa shape index (κ1) is 15.7. The van der Waals surface area contributed by atoms with Crippen LogP contribution in [0.3, 0.4) is 0 Å². The van der Waals surface area contributed by atoms with Crippen molar-refractivity contribution < 1.29 is 9.59 Å². The molecule has 1 saturated heterocycles. The van der Waals surface area contributed by atoms with Gasteiger partial charge in [-0.3, -0.25) is 9.59 Å². The summed E-state index contributed by atoms with van der Waals surface area (Å²) < 4.78 is 0. The maximum atomic E-state index is 12.1. The largest absolute Gasteiger partial charge is 0.310 e. The number of halogens is 2. The number of carbonyl (C=O) groups is 2. The van der Waals surface area contributed by atoms with E-state index in [1.165, 1.54) is 16.8 Å². The molecule has 0 radical (unpaired) electrons. The van der Waals surface area contributed by atoms with Crippen molar-refractivity contribution in [3.63, 3.8) is 0 Å². The molecule has 2 amide bonds. The van der Waals surface area contributed by atoms with Gasteiger partial charge >= 0.3 is 0 Å². The quantitative estimate of drug-likeness (QED) is 0.841. The van der Waals surface area contributed by atoms with Gasteiger partial charge in [0, 0.05) is 29.4 Å².